The average Bonchev–Trinajstić information content (AvgIpc) is 2.30. The molecule has 0 saturated carbocycles. The van der Waals surface area contributed by atoms with E-state index in [1.807, 2.05) is 19.9 Å². The molecule has 0 aromatic heterocycles. The van der Waals surface area contributed by atoms with Gasteiger partial charge in [0.15, 0.2) is 0 Å². The molecule has 6 heteroatoms. The second-order valence-corrected chi connectivity index (χ2v) is 5.78. The lowest BCUT2D eigenvalue weighted by atomic mass is 10.1. The van der Waals surface area contributed by atoms with Crippen molar-refractivity contribution in [3.8, 4) is 0 Å². The Hall–Kier alpha value is -0.450. The van der Waals surface area contributed by atoms with Gasteiger partial charge in [0.05, 0.1) is 10.0 Å². The van der Waals surface area contributed by atoms with Gasteiger partial charge in [-0.05, 0) is 44.4 Å². The molecule has 1 rings (SSSR count). The molecule has 1 nitrogen and oxygen atoms in total. The molecule has 1 aromatic carbocycles. The van der Waals surface area contributed by atoms with E-state index in [-0.39, 0.29) is 18.5 Å². The Labute approximate surface area is 127 Å². The summed E-state index contributed by atoms with van der Waals surface area (Å²) < 4.78 is 36.2. The molecular weight excluding hydrogens is 310 g/mol. The molecule has 0 radical (unpaired) electrons. The molecule has 0 aliphatic heterocycles. The van der Waals surface area contributed by atoms with Gasteiger partial charge in [-0.3, -0.25) is 0 Å². The third kappa shape index (κ3) is 6.33. The molecule has 0 heterocycles. The van der Waals surface area contributed by atoms with Crippen LogP contribution in [0.1, 0.15) is 44.7 Å². The molecule has 1 aromatic rings. The Bertz CT molecular complexity index is 435. The minimum absolute atomic E-state index is 0.00167. The number of alkyl halides is 3. The van der Waals surface area contributed by atoms with Crippen molar-refractivity contribution >= 4 is 23.2 Å². The van der Waals surface area contributed by atoms with Crippen molar-refractivity contribution < 1.29 is 13.2 Å². The monoisotopic (exact) mass is 327 g/mol. The maximum atomic E-state index is 12.1. The van der Waals surface area contributed by atoms with Crippen LogP contribution in [0, 0.1) is 0 Å². The summed E-state index contributed by atoms with van der Waals surface area (Å²) in [5.74, 6) is 0. The van der Waals surface area contributed by atoms with Crippen LogP contribution in [0.2, 0.25) is 10.0 Å². The Balaban J connectivity index is 2.44. The van der Waals surface area contributed by atoms with Gasteiger partial charge in [-0.2, -0.15) is 13.2 Å². The van der Waals surface area contributed by atoms with E-state index in [1.165, 1.54) is 0 Å². The van der Waals surface area contributed by atoms with Gasteiger partial charge in [-0.25, -0.2) is 0 Å². The Morgan fingerprint density at radius 3 is 2.35 bits per heavy atom. The summed E-state index contributed by atoms with van der Waals surface area (Å²) in [6.45, 7) is 3.82. The minimum Gasteiger partial charge on any atom is -0.308 e. The van der Waals surface area contributed by atoms with Crippen LogP contribution in [0.5, 0.6) is 0 Å². The van der Waals surface area contributed by atoms with Crippen LogP contribution in [0.4, 0.5) is 13.2 Å². The van der Waals surface area contributed by atoms with Gasteiger partial charge < -0.3 is 5.32 Å². The first-order chi connectivity index (χ1) is 9.19. The van der Waals surface area contributed by atoms with Gasteiger partial charge in [0.2, 0.25) is 0 Å². The molecule has 2 unspecified atom stereocenters. The number of hydrogen-bond acceptors (Lipinski definition) is 1. The third-order valence-electron chi connectivity index (χ3n) is 3.08. The maximum absolute atomic E-state index is 12.1. The number of halogens is 5. The van der Waals surface area contributed by atoms with Crippen LogP contribution in [-0.2, 0) is 0 Å². The molecule has 0 saturated heterocycles. The second-order valence-electron chi connectivity index (χ2n) is 4.97. The topological polar surface area (TPSA) is 12.0 Å². The molecule has 0 amide bonds. The summed E-state index contributed by atoms with van der Waals surface area (Å²) in [6, 6.07) is 5.34. The van der Waals surface area contributed by atoms with Crippen LogP contribution in [0.15, 0.2) is 18.2 Å². The molecule has 0 fully saturated rings. The zero-order valence-corrected chi connectivity index (χ0v) is 12.9. The van der Waals surface area contributed by atoms with Crippen LogP contribution in [-0.4, -0.2) is 12.2 Å². The molecule has 1 N–H and O–H groups in total. The second kappa shape index (κ2) is 7.53. The zero-order chi connectivity index (χ0) is 15.3. The lowest BCUT2D eigenvalue weighted by molar-refractivity contribution is -0.135. The van der Waals surface area contributed by atoms with Gasteiger partial charge >= 0.3 is 6.18 Å². The lowest BCUT2D eigenvalue weighted by Gasteiger charge is -2.21. The van der Waals surface area contributed by atoms with Crippen LogP contribution < -0.4 is 5.32 Å². The van der Waals surface area contributed by atoms with E-state index in [4.69, 9.17) is 23.2 Å². The molecule has 0 aliphatic carbocycles. The molecule has 0 spiro atoms. The zero-order valence-electron chi connectivity index (χ0n) is 11.4. The average molecular weight is 328 g/mol. The predicted octanol–water partition coefficient (Wildman–Crippen LogP) is 5.77. The number of rotatable bonds is 6. The Morgan fingerprint density at radius 2 is 1.80 bits per heavy atom. The quantitative estimate of drug-likeness (QED) is 0.699. The Kier molecular flexibility index (Phi) is 6.62. The fraction of sp³-hybridized carbons (Fsp3) is 0.571. The van der Waals surface area contributed by atoms with E-state index in [0.717, 1.165) is 5.56 Å². The lowest BCUT2D eigenvalue weighted by Crippen LogP contribution is -2.29. The van der Waals surface area contributed by atoms with Crippen molar-refractivity contribution in [3.63, 3.8) is 0 Å². The van der Waals surface area contributed by atoms with Crippen molar-refractivity contribution in [2.24, 2.45) is 0 Å². The first kappa shape index (κ1) is 17.6. The van der Waals surface area contributed by atoms with E-state index in [2.05, 4.69) is 5.32 Å². The normalized spacial score (nSPS) is 15.2. The summed E-state index contributed by atoms with van der Waals surface area (Å²) in [6.07, 6.45) is -4.20. The van der Waals surface area contributed by atoms with Crippen molar-refractivity contribution in [2.75, 3.05) is 0 Å². The van der Waals surface area contributed by atoms with Crippen molar-refractivity contribution in [1.82, 2.24) is 5.32 Å². The van der Waals surface area contributed by atoms with Crippen molar-refractivity contribution in [2.45, 2.75) is 51.4 Å². The number of nitrogens with one attached hydrogen (secondary N) is 1. The highest BCUT2D eigenvalue weighted by molar-refractivity contribution is 6.42. The summed E-state index contributed by atoms with van der Waals surface area (Å²) in [5, 5.41) is 4.22. The first-order valence-electron chi connectivity index (χ1n) is 6.47. The van der Waals surface area contributed by atoms with Crippen molar-refractivity contribution in [3.05, 3.63) is 33.8 Å². The van der Waals surface area contributed by atoms with Gasteiger partial charge in [0.25, 0.3) is 0 Å². The van der Waals surface area contributed by atoms with E-state index < -0.39 is 12.6 Å². The first-order valence-corrected chi connectivity index (χ1v) is 7.22. The largest absolute Gasteiger partial charge is 0.389 e. The molecule has 20 heavy (non-hydrogen) atoms. The van der Waals surface area contributed by atoms with Gasteiger partial charge in [-0.15, -0.1) is 0 Å². The van der Waals surface area contributed by atoms with Gasteiger partial charge in [0.1, 0.15) is 0 Å². The molecule has 0 bridgehead atoms. The fourth-order valence-corrected chi connectivity index (χ4v) is 2.30. The molecule has 2 atom stereocenters. The van der Waals surface area contributed by atoms with E-state index in [0.29, 0.717) is 16.5 Å². The maximum Gasteiger partial charge on any atom is 0.389 e. The van der Waals surface area contributed by atoms with Crippen LogP contribution in [0.25, 0.3) is 0 Å². The summed E-state index contributed by atoms with van der Waals surface area (Å²) in [5.41, 5.74) is 0.960. The standard InChI is InChI=1S/C14H18Cl2F3N/c1-9(4-3-7-14(17,18)19)20-10(2)11-5-6-12(15)13(16)8-11/h5-6,8-10,20H,3-4,7H2,1-2H3. The van der Waals surface area contributed by atoms with Crippen LogP contribution >= 0.6 is 23.2 Å². The molecule has 0 aliphatic rings. The molecular formula is C14H18Cl2F3N. The highest BCUT2D eigenvalue weighted by atomic mass is 35.5. The van der Waals surface area contributed by atoms with E-state index >= 15 is 0 Å². The predicted molar refractivity (Wildman–Crippen MR) is 77.4 cm³/mol. The fourth-order valence-electron chi connectivity index (χ4n) is 2.00. The Morgan fingerprint density at radius 1 is 1.15 bits per heavy atom. The van der Waals surface area contributed by atoms with Gasteiger partial charge in [-0.1, -0.05) is 29.3 Å². The smallest absolute Gasteiger partial charge is 0.308 e. The molecule has 114 valence electrons. The summed E-state index contributed by atoms with van der Waals surface area (Å²) >= 11 is 11.8. The highest BCUT2D eigenvalue weighted by Gasteiger charge is 2.26. The van der Waals surface area contributed by atoms with Gasteiger partial charge in [0, 0.05) is 18.5 Å². The number of benzene rings is 1. The number of hydrogen-bond donors (Lipinski definition) is 1. The van der Waals surface area contributed by atoms with E-state index in [9.17, 15) is 13.2 Å². The van der Waals surface area contributed by atoms with E-state index in [1.54, 1.807) is 12.1 Å². The SMILES string of the molecule is CC(CCCC(F)(F)F)NC(C)c1ccc(Cl)c(Cl)c1. The highest BCUT2D eigenvalue weighted by Crippen LogP contribution is 2.26. The summed E-state index contributed by atoms with van der Waals surface area (Å²) in [7, 11) is 0. The van der Waals surface area contributed by atoms with Crippen molar-refractivity contribution in [1.29, 1.82) is 0 Å². The van der Waals surface area contributed by atoms with Crippen LogP contribution in [0.3, 0.4) is 0 Å². The minimum atomic E-state index is -4.07. The third-order valence-corrected chi connectivity index (χ3v) is 3.81. The summed E-state index contributed by atoms with van der Waals surface area (Å²) in [4.78, 5) is 0.